The van der Waals surface area contributed by atoms with Gasteiger partial charge >= 0.3 is 5.97 Å². The second kappa shape index (κ2) is 8.19. The molecule has 0 bridgehead atoms. The van der Waals surface area contributed by atoms with Crippen LogP contribution in [0.5, 0.6) is 0 Å². The molecule has 1 aliphatic heterocycles. The number of morpholine rings is 1. The number of carbonyl (C=O) groups excluding carboxylic acids is 1. The van der Waals surface area contributed by atoms with Crippen LogP contribution in [-0.4, -0.2) is 44.3 Å². The number of carbonyl (C=O) groups is 1. The summed E-state index contributed by atoms with van der Waals surface area (Å²) in [5.41, 5.74) is 10.4. The van der Waals surface area contributed by atoms with Gasteiger partial charge in [0.2, 0.25) is 0 Å². The van der Waals surface area contributed by atoms with Crippen molar-refractivity contribution in [1.29, 1.82) is 0 Å². The van der Waals surface area contributed by atoms with Crippen molar-refractivity contribution in [1.82, 2.24) is 4.90 Å². The van der Waals surface area contributed by atoms with Gasteiger partial charge in [-0.2, -0.15) is 0 Å². The van der Waals surface area contributed by atoms with Gasteiger partial charge in [-0.15, -0.1) is 0 Å². The highest BCUT2D eigenvalue weighted by Gasteiger charge is 2.11. The van der Waals surface area contributed by atoms with Crippen molar-refractivity contribution in [2.75, 3.05) is 33.4 Å². The molecule has 1 saturated heterocycles. The van der Waals surface area contributed by atoms with E-state index in [2.05, 4.69) is 19.7 Å². The van der Waals surface area contributed by atoms with Gasteiger partial charge in [0.15, 0.2) is 0 Å². The molecule has 22 heavy (non-hydrogen) atoms. The van der Waals surface area contributed by atoms with Gasteiger partial charge in [0, 0.05) is 24.5 Å². The van der Waals surface area contributed by atoms with Crippen molar-refractivity contribution in [2.45, 2.75) is 6.54 Å². The van der Waals surface area contributed by atoms with E-state index in [-0.39, 0.29) is 5.70 Å². The van der Waals surface area contributed by atoms with Crippen LogP contribution in [0.25, 0.3) is 16.5 Å². The molecule has 7 nitrogen and oxygen atoms in total. The van der Waals surface area contributed by atoms with Crippen molar-refractivity contribution in [3.63, 3.8) is 0 Å². The Labute approximate surface area is 128 Å². The van der Waals surface area contributed by atoms with E-state index in [4.69, 9.17) is 10.3 Å². The summed E-state index contributed by atoms with van der Waals surface area (Å²) in [6.07, 6.45) is 1.50. The first kappa shape index (κ1) is 16.0. The van der Waals surface area contributed by atoms with E-state index in [1.165, 1.54) is 18.7 Å². The average molecular weight is 302 g/mol. The van der Waals surface area contributed by atoms with Crippen LogP contribution in [0.1, 0.15) is 11.1 Å². The number of nitrogens with zero attached hydrogens (tertiary/aromatic N) is 4. The van der Waals surface area contributed by atoms with Gasteiger partial charge in [0.1, 0.15) is 5.70 Å². The van der Waals surface area contributed by atoms with Crippen LogP contribution >= 0.6 is 0 Å². The molecule has 0 N–H and O–H groups in total. The molecule has 1 heterocycles. The van der Waals surface area contributed by atoms with E-state index in [0.717, 1.165) is 38.4 Å². The lowest BCUT2D eigenvalue weighted by atomic mass is 10.1. The van der Waals surface area contributed by atoms with Gasteiger partial charge in [-0.1, -0.05) is 29.4 Å². The van der Waals surface area contributed by atoms with Gasteiger partial charge in [-0.05, 0) is 22.7 Å². The van der Waals surface area contributed by atoms with Crippen LogP contribution in [-0.2, 0) is 20.8 Å². The molecule has 0 unspecified atom stereocenters. The van der Waals surface area contributed by atoms with Crippen LogP contribution in [0.3, 0.4) is 0 Å². The first-order valence-electron chi connectivity index (χ1n) is 6.97. The third kappa shape index (κ3) is 4.60. The lowest BCUT2D eigenvalue weighted by molar-refractivity contribution is -0.136. The van der Waals surface area contributed by atoms with E-state index in [9.17, 15) is 4.79 Å². The van der Waals surface area contributed by atoms with Gasteiger partial charge in [0.25, 0.3) is 0 Å². The summed E-state index contributed by atoms with van der Waals surface area (Å²) in [6, 6.07) is 7.75. The van der Waals surface area contributed by atoms with Crippen molar-refractivity contribution >= 4 is 12.0 Å². The lowest BCUT2D eigenvalue weighted by Gasteiger charge is -2.26. The van der Waals surface area contributed by atoms with E-state index in [1.54, 1.807) is 0 Å². The summed E-state index contributed by atoms with van der Waals surface area (Å²) in [5.74, 6) is -0.657. The van der Waals surface area contributed by atoms with Crippen LogP contribution in [0.4, 0.5) is 0 Å². The molecule has 0 radical (unpaired) electrons. The molecule has 0 saturated carbocycles. The van der Waals surface area contributed by atoms with Gasteiger partial charge in [-0.25, -0.2) is 4.79 Å². The molecule has 7 heteroatoms. The van der Waals surface area contributed by atoms with Gasteiger partial charge in [-0.3, -0.25) is 4.90 Å². The Hall–Kier alpha value is -2.34. The number of hydrogen-bond donors (Lipinski definition) is 0. The Morgan fingerprint density at radius 2 is 2.09 bits per heavy atom. The number of methoxy groups -OCH3 is 1. The monoisotopic (exact) mass is 302 g/mol. The third-order valence-corrected chi connectivity index (χ3v) is 3.34. The number of benzene rings is 1. The Balaban J connectivity index is 2.06. The fourth-order valence-corrected chi connectivity index (χ4v) is 2.18. The number of esters is 1. The Morgan fingerprint density at radius 3 is 2.68 bits per heavy atom. The predicted molar refractivity (Wildman–Crippen MR) is 81.7 cm³/mol. The normalized spacial score (nSPS) is 16.0. The van der Waals surface area contributed by atoms with Gasteiger partial charge in [0.05, 0.1) is 20.3 Å². The zero-order valence-corrected chi connectivity index (χ0v) is 12.4. The first-order valence-corrected chi connectivity index (χ1v) is 6.97. The lowest BCUT2D eigenvalue weighted by Crippen LogP contribution is -2.35. The second-order valence-electron chi connectivity index (χ2n) is 4.84. The predicted octanol–water partition coefficient (Wildman–Crippen LogP) is 2.34. The number of hydrogen-bond acceptors (Lipinski definition) is 5. The minimum absolute atomic E-state index is 0.0640. The average Bonchev–Trinajstić information content (AvgIpc) is 2.56. The quantitative estimate of drug-likeness (QED) is 0.274. The minimum Gasteiger partial charge on any atom is -0.466 e. The van der Waals surface area contributed by atoms with E-state index < -0.39 is 5.97 Å². The number of azide groups is 1. The van der Waals surface area contributed by atoms with Gasteiger partial charge < -0.3 is 9.47 Å². The minimum atomic E-state index is -0.657. The van der Waals surface area contributed by atoms with Crippen LogP contribution in [0.15, 0.2) is 35.1 Å². The molecule has 0 atom stereocenters. The van der Waals surface area contributed by atoms with E-state index >= 15 is 0 Å². The van der Waals surface area contributed by atoms with Crippen molar-refractivity contribution < 1.29 is 14.3 Å². The third-order valence-electron chi connectivity index (χ3n) is 3.34. The molecule has 0 spiro atoms. The molecule has 0 aliphatic carbocycles. The Kier molecular flexibility index (Phi) is 5.97. The fourth-order valence-electron chi connectivity index (χ4n) is 2.18. The molecule has 1 fully saturated rings. The van der Waals surface area contributed by atoms with Crippen LogP contribution in [0.2, 0.25) is 0 Å². The molecule has 1 aliphatic rings. The topological polar surface area (TPSA) is 87.5 Å². The summed E-state index contributed by atoms with van der Waals surface area (Å²) in [5, 5.41) is 3.35. The maximum absolute atomic E-state index is 11.5. The van der Waals surface area contributed by atoms with Crippen molar-refractivity contribution in [2.24, 2.45) is 5.11 Å². The molecular weight excluding hydrogens is 284 g/mol. The Morgan fingerprint density at radius 1 is 1.41 bits per heavy atom. The molecule has 1 aromatic carbocycles. The van der Waals surface area contributed by atoms with Crippen LogP contribution in [0, 0.1) is 0 Å². The summed E-state index contributed by atoms with van der Waals surface area (Å²) >= 11 is 0. The highest BCUT2D eigenvalue weighted by Crippen LogP contribution is 2.13. The first-order chi connectivity index (χ1) is 10.7. The van der Waals surface area contributed by atoms with Crippen molar-refractivity contribution in [3.05, 3.63) is 51.5 Å². The number of rotatable bonds is 5. The van der Waals surface area contributed by atoms with Crippen LogP contribution < -0.4 is 0 Å². The fraction of sp³-hybridized carbons (Fsp3) is 0.400. The summed E-state index contributed by atoms with van der Waals surface area (Å²) in [4.78, 5) is 16.4. The second-order valence-corrected chi connectivity index (χ2v) is 4.84. The standard InChI is InChI=1S/C15H18N4O3/c1-21-15(20)14(17-18-16)10-12-2-4-13(5-3-12)11-19-6-8-22-9-7-19/h2-5,10H,6-9,11H2,1H3. The summed E-state index contributed by atoms with van der Waals surface area (Å²) in [6.45, 7) is 4.29. The van der Waals surface area contributed by atoms with E-state index in [0.29, 0.717) is 0 Å². The maximum Gasteiger partial charge on any atom is 0.340 e. The van der Waals surface area contributed by atoms with Crippen molar-refractivity contribution in [3.8, 4) is 0 Å². The molecular formula is C15H18N4O3. The highest BCUT2D eigenvalue weighted by atomic mass is 16.5. The SMILES string of the molecule is COC(=O)C(=Cc1ccc(CN2CCOCC2)cc1)N=[N+]=[N-]. The largest absolute Gasteiger partial charge is 0.466 e. The summed E-state index contributed by atoms with van der Waals surface area (Å²) in [7, 11) is 1.24. The molecule has 116 valence electrons. The summed E-state index contributed by atoms with van der Waals surface area (Å²) < 4.78 is 9.89. The zero-order valence-electron chi connectivity index (χ0n) is 12.4. The molecule has 0 amide bonds. The maximum atomic E-state index is 11.5. The number of ether oxygens (including phenoxy) is 2. The highest BCUT2D eigenvalue weighted by molar-refractivity contribution is 5.93. The smallest absolute Gasteiger partial charge is 0.340 e. The Bertz CT molecular complexity index is 585. The van der Waals surface area contributed by atoms with E-state index in [1.807, 2.05) is 24.3 Å². The zero-order chi connectivity index (χ0) is 15.8. The molecule has 0 aromatic heterocycles. The molecule has 2 rings (SSSR count). The molecule has 1 aromatic rings.